The van der Waals surface area contributed by atoms with E-state index in [1.54, 1.807) is 0 Å². The highest BCUT2D eigenvalue weighted by Crippen LogP contribution is 2.35. The highest BCUT2D eigenvalue weighted by molar-refractivity contribution is 6.35. The molecule has 23 heavy (non-hydrogen) atoms. The van der Waals surface area contributed by atoms with Gasteiger partial charge in [-0.3, -0.25) is 4.79 Å². The summed E-state index contributed by atoms with van der Waals surface area (Å²) in [7, 11) is 0. The first-order chi connectivity index (χ1) is 10.9. The number of halogens is 2. The Morgan fingerprint density at radius 2 is 2.35 bits per heavy atom. The fourth-order valence-electron chi connectivity index (χ4n) is 3.41. The number of pyridine rings is 1. The minimum absolute atomic E-state index is 0.0880. The van der Waals surface area contributed by atoms with E-state index < -0.39 is 12.1 Å². The first kappa shape index (κ1) is 16.2. The second-order valence-corrected chi connectivity index (χ2v) is 6.59. The van der Waals surface area contributed by atoms with Crippen molar-refractivity contribution in [2.75, 3.05) is 13.1 Å². The van der Waals surface area contributed by atoms with Crippen molar-refractivity contribution in [2.45, 2.75) is 32.5 Å². The lowest BCUT2D eigenvalue weighted by atomic mass is 9.89. The molecular weight excluding hydrogens is 319 g/mol. The van der Waals surface area contributed by atoms with Crippen molar-refractivity contribution in [1.82, 2.24) is 14.9 Å². The molecule has 0 unspecified atom stereocenters. The molecule has 2 aromatic rings. The van der Waals surface area contributed by atoms with Gasteiger partial charge in [0.1, 0.15) is 17.5 Å². The van der Waals surface area contributed by atoms with Gasteiger partial charge in [-0.2, -0.15) is 0 Å². The molecule has 0 spiro atoms. The maximum atomic E-state index is 14.3. The van der Waals surface area contributed by atoms with E-state index in [9.17, 15) is 9.18 Å². The van der Waals surface area contributed by atoms with Gasteiger partial charge < -0.3 is 15.6 Å². The molecule has 3 atom stereocenters. The standard InChI is InChI=1S/C16H20ClFN4O/c1-8-7-22(9(2)10-3-4-20-6-12(10)18)16-14(8)11(17)5-13(21-16)15(19)23/h5,7,9-10,12,20H,3-4,6H2,1-2H3,(H2,19,23)/t9-,10-,12+/m1/s1. The third-order valence-corrected chi connectivity index (χ3v) is 4.99. The van der Waals surface area contributed by atoms with Crippen LogP contribution in [0.4, 0.5) is 4.39 Å². The maximum Gasteiger partial charge on any atom is 0.267 e. The van der Waals surface area contributed by atoms with Crippen LogP contribution in [0.15, 0.2) is 12.3 Å². The Hall–Kier alpha value is -1.66. The first-order valence-corrected chi connectivity index (χ1v) is 8.10. The number of rotatable bonds is 3. The molecule has 0 saturated carbocycles. The summed E-state index contributed by atoms with van der Waals surface area (Å²) >= 11 is 6.30. The van der Waals surface area contributed by atoms with Gasteiger partial charge in [0.2, 0.25) is 0 Å². The Labute approximate surface area is 139 Å². The smallest absolute Gasteiger partial charge is 0.267 e. The predicted octanol–water partition coefficient (Wildman–Crippen LogP) is 2.61. The molecule has 3 rings (SSSR count). The Balaban J connectivity index is 2.11. The first-order valence-electron chi connectivity index (χ1n) is 7.72. The van der Waals surface area contributed by atoms with Crippen molar-refractivity contribution >= 4 is 28.5 Å². The molecule has 124 valence electrons. The minimum atomic E-state index is -0.911. The van der Waals surface area contributed by atoms with Crippen LogP contribution in [0.5, 0.6) is 0 Å². The van der Waals surface area contributed by atoms with Crippen LogP contribution in [-0.2, 0) is 0 Å². The molecule has 1 amide bonds. The number of aromatic nitrogens is 2. The molecule has 0 aliphatic carbocycles. The van der Waals surface area contributed by atoms with E-state index in [0.717, 1.165) is 23.9 Å². The van der Waals surface area contributed by atoms with Crippen LogP contribution in [0, 0.1) is 12.8 Å². The van der Waals surface area contributed by atoms with E-state index in [0.29, 0.717) is 17.2 Å². The summed E-state index contributed by atoms with van der Waals surface area (Å²) in [5, 5.41) is 4.29. The number of nitrogens with two attached hydrogens (primary N) is 1. The minimum Gasteiger partial charge on any atom is -0.364 e. The molecule has 1 fully saturated rings. The number of alkyl halides is 1. The maximum absolute atomic E-state index is 14.3. The largest absolute Gasteiger partial charge is 0.364 e. The van der Waals surface area contributed by atoms with Gasteiger partial charge in [-0.25, -0.2) is 9.37 Å². The van der Waals surface area contributed by atoms with Gasteiger partial charge in [0.05, 0.1) is 5.02 Å². The summed E-state index contributed by atoms with van der Waals surface area (Å²) in [4.78, 5) is 15.8. The summed E-state index contributed by atoms with van der Waals surface area (Å²) in [5.41, 5.74) is 6.99. The average Bonchev–Trinajstić information content (AvgIpc) is 2.84. The lowest BCUT2D eigenvalue weighted by Crippen LogP contribution is -2.41. The van der Waals surface area contributed by atoms with Crippen molar-refractivity contribution in [1.29, 1.82) is 0 Å². The second kappa shape index (κ2) is 6.09. The Kier molecular flexibility index (Phi) is 4.29. The highest BCUT2D eigenvalue weighted by atomic mass is 35.5. The fraction of sp³-hybridized carbons (Fsp3) is 0.500. The number of piperidine rings is 1. The molecule has 5 nitrogen and oxygen atoms in total. The fourth-order valence-corrected chi connectivity index (χ4v) is 3.75. The second-order valence-electron chi connectivity index (χ2n) is 6.18. The van der Waals surface area contributed by atoms with Crippen LogP contribution in [0.25, 0.3) is 11.0 Å². The van der Waals surface area contributed by atoms with E-state index in [-0.39, 0.29) is 17.7 Å². The zero-order valence-corrected chi connectivity index (χ0v) is 13.9. The topological polar surface area (TPSA) is 72.9 Å². The van der Waals surface area contributed by atoms with Crippen LogP contribution in [0.1, 0.15) is 35.4 Å². The van der Waals surface area contributed by atoms with E-state index in [4.69, 9.17) is 17.3 Å². The van der Waals surface area contributed by atoms with Crippen LogP contribution in [0.3, 0.4) is 0 Å². The van der Waals surface area contributed by atoms with Gasteiger partial charge in [-0.15, -0.1) is 0 Å². The number of hydrogen-bond acceptors (Lipinski definition) is 3. The lowest BCUT2D eigenvalue weighted by Gasteiger charge is -2.32. The molecule has 1 aliphatic rings. The molecule has 0 radical (unpaired) electrons. The number of nitrogens with one attached hydrogen (secondary N) is 1. The van der Waals surface area contributed by atoms with Gasteiger partial charge in [0.15, 0.2) is 0 Å². The average molecular weight is 339 g/mol. The number of nitrogens with zero attached hydrogens (tertiary/aromatic N) is 2. The van der Waals surface area contributed by atoms with Crippen molar-refractivity contribution in [3.63, 3.8) is 0 Å². The van der Waals surface area contributed by atoms with Gasteiger partial charge in [0.25, 0.3) is 5.91 Å². The molecule has 0 bridgehead atoms. The van der Waals surface area contributed by atoms with Crippen molar-refractivity contribution in [2.24, 2.45) is 11.7 Å². The van der Waals surface area contributed by atoms with Gasteiger partial charge in [0, 0.05) is 30.1 Å². The van der Waals surface area contributed by atoms with Gasteiger partial charge >= 0.3 is 0 Å². The Morgan fingerprint density at radius 1 is 1.61 bits per heavy atom. The van der Waals surface area contributed by atoms with E-state index in [1.807, 2.05) is 24.6 Å². The molecule has 7 heteroatoms. The monoisotopic (exact) mass is 338 g/mol. The summed E-state index contributed by atoms with van der Waals surface area (Å²) in [6.45, 7) is 5.08. The quantitative estimate of drug-likeness (QED) is 0.903. The van der Waals surface area contributed by atoms with E-state index in [2.05, 4.69) is 10.3 Å². The molecular formula is C16H20ClFN4O. The number of hydrogen-bond donors (Lipinski definition) is 2. The van der Waals surface area contributed by atoms with Crippen molar-refractivity contribution < 1.29 is 9.18 Å². The molecule has 1 aliphatic heterocycles. The van der Waals surface area contributed by atoms with Crippen LogP contribution in [-0.4, -0.2) is 34.7 Å². The van der Waals surface area contributed by atoms with Crippen LogP contribution < -0.4 is 11.1 Å². The number of carbonyl (C=O) groups is 1. The summed E-state index contributed by atoms with van der Waals surface area (Å²) in [5.74, 6) is -0.735. The SMILES string of the molecule is Cc1cn([C@H](C)[C@H]2CCNC[C@@H]2F)c2nc(C(N)=O)cc(Cl)c12. The predicted molar refractivity (Wildman–Crippen MR) is 88.6 cm³/mol. The number of carbonyl (C=O) groups excluding carboxylic acids is 1. The van der Waals surface area contributed by atoms with Crippen molar-refractivity contribution in [3.05, 3.63) is 28.5 Å². The van der Waals surface area contributed by atoms with Gasteiger partial charge in [-0.1, -0.05) is 11.6 Å². The van der Waals surface area contributed by atoms with E-state index >= 15 is 0 Å². The molecule has 3 N–H and O–H groups in total. The van der Waals surface area contributed by atoms with E-state index in [1.165, 1.54) is 6.07 Å². The summed E-state index contributed by atoms with van der Waals surface area (Å²) < 4.78 is 16.2. The van der Waals surface area contributed by atoms with Gasteiger partial charge in [-0.05, 0) is 38.4 Å². The summed E-state index contributed by atoms with van der Waals surface area (Å²) in [6.07, 6.45) is 1.77. The highest BCUT2D eigenvalue weighted by Gasteiger charge is 2.31. The zero-order valence-electron chi connectivity index (χ0n) is 13.1. The number of fused-ring (bicyclic) bond motifs is 1. The Morgan fingerprint density at radius 3 is 3.00 bits per heavy atom. The molecule has 1 saturated heterocycles. The molecule has 0 aromatic carbocycles. The molecule has 3 heterocycles. The third-order valence-electron chi connectivity index (χ3n) is 4.69. The zero-order chi connectivity index (χ0) is 16.7. The number of aryl methyl sites for hydroxylation is 1. The lowest BCUT2D eigenvalue weighted by molar-refractivity contribution is 0.0995. The third kappa shape index (κ3) is 2.81. The number of primary amides is 1. The van der Waals surface area contributed by atoms with Crippen LogP contribution in [0.2, 0.25) is 5.02 Å². The summed E-state index contributed by atoms with van der Waals surface area (Å²) in [6, 6.07) is 1.39. The normalized spacial score (nSPS) is 23.1. The molecule has 2 aromatic heterocycles. The number of amides is 1. The van der Waals surface area contributed by atoms with Crippen LogP contribution >= 0.6 is 11.6 Å². The Bertz CT molecular complexity index is 760. The van der Waals surface area contributed by atoms with Crippen molar-refractivity contribution in [3.8, 4) is 0 Å².